The van der Waals surface area contributed by atoms with Gasteiger partial charge in [-0.25, -0.2) is 26.3 Å². The SMILES string of the molecule is O=[N+]([O-])c1cccc(F)c1-c1c(F)c(F)c(F)c(F)c1F. The Morgan fingerprint density at radius 1 is 0.762 bits per heavy atom. The van der Waals surface area contributed by atoms with Crippen LogP contribution >= 0.6 is 0 Å². The van der Waals surface area contributed by atoms with Crippen molar-refractivity contribution < 1.29 is 31.3 Å². The van der Waals surface area contributed by atoms with Crippen LogP contribution in [0.25, 0.3) is 11.1 Å². The molecule has 0 aliphatic heterocycles. The minimum atomic E-state index is -2.44. The Morgan fingerprint density at radius 3 is 1.71 bits per heavy atom. The molecule has 0 aliphatic rings. The summed E-state index contributed by atoms with van der Waals surface area (Å²) in [4.78, 5) is 9.54. The quantitative estimate of drug-likeness (QED) is 0.276. The molecule has 2 rings (SSSR count). The van der Waals surface area contributed by atoms with Gasteiger partial charge in [0.2, 0.25) is 5.82 Å². The van der Waals surface area contributed by atoms with Crippen LogP contribution in [0, 0.1) is 45.0 Å². The van der Waals surface area contributed by atoms with Crippen LogP contribution in [0.4, 0.5) is 32.0 Å². The van der Waals surface area contributed by atoms with Crippen LogP contribution in [-0.2, 0) is 0 Å². The van der Waals surface area contributed by atoms with E-state index >= 15 is 0 Å². The molecule has 110 valence electrons. The van der Waals surface area contributed by atoms with E-state index in [2.05, 4.69) is 0 Å². The fraction of sp³-hybridized carbons (Fsp3) is 0. The second-order valence-corrected chi connectivity index (χ2v) is 3.84. The zero-order valence-electron chi connectivity index (χ0n) is 9.76. The fourth-order valence-corrected chi connectivity index (χ4v) is 1.74. The van der Waals surface area contributed by atoms with E-state index in [1.54, 1.807) is 0 Å². The summed E-state index contributed by atoms with van der Waals surface area (Å²) in [6, 6.07) is 2.14. The smallest absolute Gasteiger partial charge is 0.258 e. The number of nitro benzene ring substituents is 1. The Labute approximate surface area is 112 Å². The van der Waals surface area contributed by atoms with Crippen LogP contribution in [0.5, 0.6) is 0 Å². The van der Waals surface area contributed by atoms with Gasteiger partial charge in [-0.15, -0.1) is 0 Å². The molecule has 21 heavy (non-hydrogen) atoms. The van der Waals surface area contributed by atoms with Gasteiger partial charge in [0.25, 0.3) is 5.69 Å². The van der Waals surface area contributed by atoms with Gasteiger partial charge in [0.15, 0.2) is 23.3 Å². The summed E-state index contributed by atoms with van der Waals surface area (Å²) in [6.07, 6.45) is 0. The lowest BCUT2D eigenvalue weighted by molar-refractivity contribution is -0.384. The molecule has 0 amide bonds. The number of nitrogens with zero attached hydrogens (tertiary/aromatic N) is 1. The van der Waals surface area contributed by atoms with Crippen molar-refractivity contribution in [1.29, 1.82) is 0 Å². The van der Waals surface area contributed by atoms with Gasteiger partial charge in [-0.2, -0.15) is 0 Å². The maximum atomic E-state index is 13.6. The minimum Gasteiger partial charge on any atom is -0.258 e. The number of hydrogen-bond donors (Lipinski definition) is 0. The lowest BCUT2D eigenvalue weighted by Gasteiger charge is -2.09. The van der Waals surface area contributed by atoms with Gasteiger partial charge in [-0.1, -0.05) is 6.07 Å². The molecule has 0 atom stereocenters. The molecular formula is C12H3F6NO2. The second-order valence-electron chi connectivity index (χ2n) is 3.84. The fourth-order valence-electron chi connectivity index (χ4n) is 1.74. The Bertz CT molecular complexity index is 733. The molecule has 0 unspecified atom stereocenters. The summed E-state index contributed by atoms with van der Waals surface area (Å²) in [6.45, 7) is 0. The number of halogens is 6. The first kappa shape index (κ1) is 14.8. The highest BCUT2D eigenvalue weighted by Crippen LogP contribution is 2.38. The zero-order valence-corrected chi connectivity index (χ0v) is 9.76. The highest BCUT2D eigenvalue weighted by molar-refractivity contribution is 5.75. The number of rotatable bonds is 2. The maximum absolute atomic E-state index is 13.6. The van der Waals surface area contributed by atoms with E-state index in [0.717, 1.165) is 6.07 Å². The lowest BCUT2D eigenvalue weighted by Crippen LogP contribution is -2.06. The minimum absolute atomic E-state index is 0.598. The third-order valence-electron chi connectivity index (χ3n) is 2.65. The third-order valence-corrected chi connectivity index (χ3v) is 2.65. The molecule has 2 aromatic carbocycles. The molecule has 0 bridgehead atoms. The average Bonchev–Trinajstić information content (AvgIpc) is 2.44. The largest absolute Gasteiger partial charge is 0.280 e. The lowest BCUT2D eigenvalue weighted by atomic mass is 10.0. The maximum Gasteiger partial charge on any atom is 0.280 e. The van der Waals surface area contributed by atoms with E-state index in [-0.39, 0.29) is 0 Å². The van der Waals surface area contributed by atoms with E-state index in [4.69, 9.17) is 0 Å². The average molecular weight is 307 g/mol. The van der Waals surface area contributed by atoms with Crippen molar-refractivity contribution in [1.82, 2.24) is 0 Å². The topological polar surface area (TPSA) is 43.1 Å². The molecule has 0 spiro atoms. The van der Waals surface area contributed by atoms with Gasteiger partial charge in [0.05, 0.1) is 10.5 Å². The van der Waals surface area contributed by atoms with Gasteiger partial charge < -0.3 is 0 Å². The van der Waals surface area contributed by atoms with Gasteiger partial charge in [-0.3, -0.25) is 10.1 Å². The van der Waals surface area contributed by atoms with Crippen molar-refractivity contribution in [3.63, 3.8) is 0 Å². The highest BCUT2D eigenvalue weighted by atomic mass is 19.2. The van der Waals surface area contributed by atoms with E-state index < -0.39 is 56.6 Å². The number of hydrogen-bond acceptors (Lipinski definition) is 2. The second kappa shape index (κ2) is 5.08. The highest BCUT2D eigenvalue weighted by Gasteiger charge is 2.32. The Hall–Kier alpha value is -2.58. The van der Waals surface area contributed by atoms with Gasteiger partial charge in [0, 0.05) is 6.07 Å². The summed E-state index contributed by atoms with van der Waals surface area (Å²) >= 11 is 0. The molecule has 9 heteroatoms. The Morgan fingerprint density at radius 2 is 1.24 bits per heavy atom. The summed E-state index contributed by atoms with van der Waals surface area (Å²) < 4.78 is 80.0. The summed E-state index contributed by atoms with van der Waals surface area (Å²) in [5.41, 5.74) is -4.12. The monoisotopic (exact) mass is 307 g/mol. The Kier molecular flexibility index (Phi) is 3.58. The van der Waals surface area contributed by atoms with Crippen LogP contribution in [0.2, 0.25) is 0 Å². The van der Waals surface area contributed by atoms with Crippen LogP contribution in [-0.4, -0.2) is 4.92 Å². The standard InChI is InChI=1S/C12H3F6NO2/c13-4-2-1-3-5(19(20)21)6(4)7-8(14)10(16)12(18)11(17)9(7)15/h1-3H. The predicted molar refractivity (Wildman–Crippen MR) is 58.3 cm³/mol. The molecule has 0 N–H and O–H groups in total. The Balaban J connectivity index is 2.96. The van der Waals surface area contributed by atoms with E-state index in [9.17, 15) is 36.5 Å². The zero-order chi connectivity index (χ0) is 15.9. The predicted octanol–water partition coefficient (Wildman–Crippen LogP) is 4.10. The molecule has 0 saturated carbocycles. The first-order valence-electron chi connectivity index (χ1n) is 5.22. The van der Waals surface area contributed by atoms with Gasteiger partial charge >= 0.3 is 0 Å². The summed E-state index contributed by atoms with van der Waals surface area (Å²) in [5, 5.41) is 10.7. The molecule has 0 aromatic heterocycles. The molecule has 0 aliphatic carbocycles. The normalized spacial score (nSPS) is 10.8. The summed E-state index contributed by atoms with van der Waals surface area (Å²) in [5.74, 6) is -13.3. The van der Waals surface area contributed by atoms with E-state index in [1.807, 2.05) is 0 Å². The molecular weight excluding hydrogens is 304 g/mol. The first-order chi connectivity index (χ1) is 9.77. The molecule has 0 saturated heterocycles. The van der Waals surface area contributed by atoms with Crippen molar-refractivity contribution >= 4 is 5.69 Å². The molecule has 0 heterocycles. The number of benzene rings is 2. The third kappa shape index (κ3) is 2.20. The molecule has 2 aromatic rings. The number of nitro groups is 1. The van der Waals surface area contributed by atoms with Gasteiger partial charge in [0.1, 0.15) is 11.4 Å². The van der Waals surface area contributed by atoms with Crippen LogP contribution in [0.3, 0.4) is 0 Å². The van der Waals surface area contributed by atoms with Crippen molar-refractivity contribution in [3.8, 4) is 11.1 Å². The van der Waals surface area contributed by atoms with Crippen molar-refractivity contribution in [2.24, 2.45) is 0 Å². The van der Waals surface area contributed by atoms with E-state index in [1.165, 1.54) is 0 Å². The van der Waals surface area contributed by atoms with Crippen molar-refractivity contribution in [2.45, 2.75) is 0 Å². The van der Waals surface area contributed by atoms with Gasteiger partial charge in [-0.05, 0) is 6.07 Å². The summed E-state index contributed by atoms with van der Waals surface area (Å²) in [7, 11) is 0. The first-order valence-corrected chi connectivity index (χ1v) is 5.22. The molecule has 0 radical (unpaired) electrons. The van der Waals surface area contributed by atoms with Crippen LogP contribution in [0.1, 0.15) is 0 Å². The molecule has 0 fully saturated rings. The molecule has 3 nitrogen and oxygen atoms in total. The van der Waals surface area contributed by atoms with Crippen LogP contribution in [0.15, 0.2) is 18.2 Å². The van der Waals surface area contributed by atoms with Crippen LogP contribution < -0.4 is 0 Å². The van der Waals surface area contributed by atoms with E-state index in [0.29, 0.717) is 12.1 Å². The van der Waals surface area contributed by atoms with Crippen molar-refractivity contribution in [3.05, 3.63) is 63.2 Å². The van der Waals surface area contributed by atoms with Crippen molar-refractivity contribution in [2.75, 3.05) is 0 Å².